The molecular formula is C28H17BrClF3N2O3. The van der Waals surface area contributed by atoms with Crippen molar-refractivity contribution < 1.29 is 27.6 Å². The van der Waals surface area contributed by atoms with Gasteiger partial charge in [-0.2, -0.15) is 13.2 Å². The zero-order valence-corrected chi connectivity index (χ0v) is 21.7. The highest BCUT2D eigenvalue weighted by atomic mass is 79.9. The number of carbonyl (C=O) groups excluding carboxylic acids is 3. The van der Waals surface area contributed by atoms with E-state index in [1.54, 1.807) is 59.5 Å². The number of halogens is 5. The summed E-state index contributed by atoms with van der Waals surface area (Å²) in [5.74, 6) is -3.79. The summed E-state index contributed by atoms with van der Waals surface area (Å²) in [4.78, 5) is 44.2. The SMILES string of the molecule is O=C(c1ccc(Br)cc1)[C@@H]1[C@@H]2C(=O)N(c3cccc(C(F)(F)F)c3)C(=O)[C@@H]2[C@H]2C=Cc3ccc(Cl)cc3N21. The molecule has 3 aromatic rings. The number of imide groups is 1. The van der Waals surface area contributed by atoms with Crippen molar-refractivity contribution in [2.24, 2.45) is 11.8 Å². The summed E-state index contributed by atoms with van der Waals surface area (Å²) in [6.45, 7) is 0. The molecule has 0 aliphatic carbocycles. The zero-order chi connectivity index (χ0) is 26.9. The van der Waals surface area contributed by atoms with E-state index in [1.165, 1.54) is 6.07 Å². The lowest BCUT2D eigenvalue weighted by Gasteiger charge is -2.36. The molecule has 0 spiro atoms. The van der Waals surface area contributed by atoms with Crippen LogP contribution in [-0.4, -0.2) is 29.7 Å². The standard InChI is InChI=1S/C28H17BrClF3N2O3/c29-17-8-4-15(5-9-17)25(36)24-23-22(20-11-7-14-6-10-18(30)13-21(14)35(20)24)26(37)34(27(23)38)19-3-1-2-16(12-19)28(31,32)33/h1-13,20,22-24H/t20-,22-,23-,24+/m1/s1. The van der Waals surface area contributed by atoms with Crippen molar-refractivity contribution in [3.8, 4) is 0 Å². The highest BCUT2D eigenvalue weighted by Crippen LogP contribution is 2.50. The molecule has 4 atom stereocenters. The zero-order valence-electron chi connectivity index (χ0n) is 19.3. The van der Waals surface area contributed by atoms with Crippen LogP contribution in [0.15, 0.2) is 77.3 Å². The van der Waals surface area contributed by atoms with Crippen molar-refractivity contribution in [3.63, 3.8) is 0 Å². The van der Waals surface area contributed by atoms with Gasteiger partial charge in [0.05, 0.1) is 29.1 Å². The van der Waals surface area contributed by atoms with E-state index in [4.69, 9.17) is 11.6 Å². The van der Waals surface area contributed by atoms with E-state index < -0.39 is 47.5 Å². The number of fused-ring (bicyclic) bond motifs is 5. The average molecular weight is 602 g/mol. The number of nitrogens with zero attached hydrogens (tertiary/aromatic N) is 2. The molecule has 0 bridgehead atoms. The van der Waals surface area contributed by atoms with E-state index in [2.05, 4.69) is 15.9 Å². The van der Waals surface area contributed by atoms with Gasteiger partial charge < -0.3 is 4.90 Å². The largest absolute Gasteiger partial charge is 0.416 e. The van der Waals surface area contributed by atoms with Crippen LogP contribution in [0, 0.1) is 11.8 Å². The van der Waals surface area contributed by atoms with Crippen molar-refractivity contribution in [2.45, 2.75) is 18.3 Å². The Morgan fingerprint density at radius 1 is 0.921 bits per heavy atom. The highest BCUT2D eigenvalue weighted by Gasteiger charge is 2.64. The molecule has 2 fully saturated rings. The number of hydrogen-bond donors (Lipinski definition) is 0. The molecular weight excluding hydrogens is 585 g/mol. The maximum Gasteiger partial charge on any atom is 0.416 e. The van der Waals surface area contributed by atoms with Crippen LogP contribution in [0.4, 0.5) is 24.5 Å². The van der Waals surface area contributed by atoms with Gasteiger partial charge in [-0.1, -0.05) is 63.9 Å². The van der Waals surface area contributed by atoms with Gasteiger partial charge in [0, 0.05) is 20.7 Å². The van der Waals surface area contributed by atoms with Gasteiger partial charge in [-0.15, -0.1) is 0 Å². The number of alkyl halides is 3. The first kappa shape index (κ1) is 24.9. The van der Waals surface area contributed by atoms with Crippen LogP contribution in [0.25, 0.3) is 6.08 Å². The summed E-state index contributed by atoms with van der Waals surface area (Å²) >= 11 is 9.63. The summed E-state index contributed by atoms with van der Waals surface area (Å²) in [6, 6.07) is 14.2. The Labute approximate surface area is 228 Å². The van der Waals surface area contributed by atoms with E-state index in [0.717, 1.165) is 33.1 Å². The Hall–Kier alpha value is -3.43. The van der Waals surface area contributed by atoms with E-state index in [0.29, 0.717) is 16.3 Å². The fraction of sp³-hybridized carbons (Fsp3) is 0.179. The average Bonchev–Trinajstić information content (AvgIpc) is 3.36. The van der Waals surface area contributed by atoms with Gasteiger partial charge in [0.15, 0.2) is 5.78 Å². The second-order valence-electron chi connectivity index (χ2n) is 9.39. The van der Waals surface area contributed by atoms with Gasteiger partial charge in [-0.25, -0.2) is 4.90 Å². The van der Waals surface area contributed by atoms with Gasteiger partial charge in [0.2, 0.25) is 11.8 Å². The minimum atomic E-state index is -4.65. The molecule has 192 valence electrons. The summed E-state index contributed by atoms with van der Waals surface area (Å²) in [7, 11) is 0. The third-order valence-electron chi connectivity index (χ3n) is 7.30. The maximum atomic E-state index is 14.0. The smallest absolute Gasteiger partial charge is 0.352 e. The van der Waals surface area contributed by atoms with Crippen LogP contribution in [0.3, 0.4) is 0 Å². The minimum Gasteiger partial charge on any atom is -0.352 e. The van der Waals surface area contributed by atoms with Crippen LogP contribution in [-0.2, 0) is 15.8 Å². The first-order chi connectivity index (χ1) is 18.1. The molecule has 6 rings (SSSR count). The fourth-order valence-electron chi connectivity index (χ4n) is 5.69. The Morgan fingerprint density at radius 2 is 1.63 bits per heavy atom. The number of ketones is 1. The second kappa shape index (κ2) is 8.81. The molecule has 0 radical (unpaired) electrons. The van der Waals surface area contributed by atoms with Gasteiger partial charge in [0.1, 0.15) is 6.04 Å². The molecule has 3 heterocycles. The summed E-state index contributed by atoms with van der Waals surface area (Å²) in [6.07, 6.45) is -1.08. The first-order valence-electron chi connectivity index (χ1n) is 11.7. The van der Waals surface area contributed by atoms with Gasteiger partial charge in [-0.3, -0.25) is 14.4 Å². The van der Waals surface area contributed by atoms with Gasteiger partial charge in [0.25, 0.3) is 0 Å². The maximum absolute atomic E-state index is 14.0. The lowest BCUT2D eigenvalue weighted by Crippen LogP contribution is -2.48. The number of benzene rings is 3. The van der Waals surface area contributed by atoms with Crippen LogP contribution in [0.1, 0.15) is 21.5 Å². The van der Waals surface area contributed by atoms with Gasteiger partial charge >= 0.3 is 6.18 Å². The predicted molar refractivity (Wildman–Crippen MR) is 140 cm³/mol. The molecule has 0 N–H and O–H groups in total. The number of Topliss-reactive ketones (excluding diaryl/α,β-unsaturated/α-hetero) is 1. The molecule has 2 amide bonds. The number of carbonyl (C=O) groups is 3. The van der Waals surface area contributed by atoms with E-state index in [1.807, 2.05) is 0 Å². The van der Waals surface area contributed by atoms with Crippen molar-refractivity contribution >= 4 is 62.6 Å². The Balaban J connectivity index is 1.49. The first-order valence-corrected chi connectivity index (χ1v) is 12.8. The second-order valence-corrected chi connectivity index (χ2v) is 10.7. The Kier molecular flexibility index (Phi) is 5.77. The summed E-state index contributed by atoms with van der Waals surface area (Å²) in [5.41, 5.74) is 0.579. The number of rotatable bonds is 3. The van der Waals surface area contributed by atoms with Crippen LogP contribution >= 0.6 is 27.5 Å². The molecule has 0 unspecified atom stereocenters. The molecule has 5 nitrogen and oxygen atoms in total. The van der Waals surface area contributed by atoms with E-state index in [9.17, 15) is 27.6 Å². The molecule has 38 heavy (non-hydrogen) atoms. The molecule has 0 aromatic heterocycles. The van der Waals surface area contributed by atoms with Crippen LogP contribution < -0.4 is 9.80 Å². The van der Waals surface area contributed by atoms with Crippen LogP contribution in [0.2, 0.25) is 5.02 Å². The van der Waals surface area contributed by atoms with Gasteiger partial charge in [-0.05, 0) is 48.0 Å². The molecule has 3 aliphatic heterocycles. The predicted octanol–water partition coefficient (Wildman–Crippen LogP) is 6.39. The van der Waals surface area contributed by atoms with Crippen LogP contribution in [0.5, 0.6) is 0 Å². The normalized spacial score (nSPS) is 23.9. The molecule has 0 saturated carbocycles. The van der Waals surface area contributed by atoms with Crippen molar-refractivity contribution in [1.82, 2.24) is 0 Å². The minimum absolute atomic E-state index is 0.172. The fourth-order valence-corrected chi connectivity index (χ4v) is 6.12. The summed E-state index contributed by atoms with van der Waals surface area (Å²) < 4.78 is 40.9. The lowest BCUT2D eigenvalue weighted by atomic mass is 9.86. The summed E-state index contributed by atoms with van der Waals surface area (Å²) in [5, 5.41) is 0.424. The lowest BCUT2D eigenvalue weighted by molar-refractivity contribution is -0.137. The molecule has 3 aliphatic rings. The molecule has 10 heteroatoms. The Bertz CT molecular complexity index is 1540. The van der Waals surface area contributed by atoms with Crippen molar-refractivity contribution in [2.75, 3.05) is 9.80 Å². The molecule has 3 aromatic carbocycles. The number of hydrogen-bond acceptors (Lipinski definition) is 4. The quantitative estimate of drug-likeness (QED) is 0.258. The number of amides is 2. The topological polar surface area (TPSA) is 57.7 Å². The Morgan fingerprint density at radius 3 is 2.34 bits per heavy atom. The monoisotopic (exact) mass is 600 g/mol. The van der Waals surface area contributed by atoms with E-state index in [-0.39, 0.29) is 11.5 Å². The van der Waals surface area contributed by atoms with E-state index >= 15 is 0 Å². The van der Waals surface area contributed by atoms with Crippen molar-refractivity contribution in [1.29, 1.82) is 0 Å². The van der Waals surface area contributed by atoms with Crippen molar-refractivity contribution in [3.05, 3.63) is 99.0 Å². The number of anilines is 2. The third-order valence-corrected chi connectivity index (χ3v) is 8.06. The molecule has 2 saturated heterocycles. The highest BCUT2D eigenvalue weighted by molar-refractivity contribution is 9.10. The third kappa shape index (κ3) is 3.79.